The summed E-state index contributed by atoms with van der Waals surface area (Å²) in [5.41, 5.74) is 0.603. The highest BCUT2D eigenvalue weighted by Gasteiger charge is 2.13. The first kappa shape index (κ1) is 14.5. The van der Waals surface area contributed by atoms with Crippen LogP contribution in [0.2, 0.25) is 0 Å². The normalized spacial score (nSPS) is 11.0. The van der Waals surface area contributed by atoms with E-state index in [1.165, 1.54) is 0 Å². The van der Waals surface area contributed by atoms with Crippen LogP contribution in [-0.2, 0) is 9.47 Å². The van der Waals surface area contributed by atoms with Gasteiger partial charge < -0.3 is 9.47 Å². The number of benzene rings is 3. The van der Waals surface area contributed by atoms with Crippen molar-refractivity contribution >= 4 is 27.5 Å². The number of carbonyl (C=O) groups excluding carboxylic acids is 1. The van der Waals surface area contributed by atoms with Crippen molar-refractivity contribution in [2.75, 3.05) is 19.8 Å². The predicted molar refractivity (Wildman–Crippen MR) is 88.2 cm³/mol. The van der Waals surface area contributed by atoms with Crippen LogP contribution in [0.3, 0.4) is 0 Å². The lowest BCUT2D eigenvalue weighted by atomic mass is 9.98. The summed E-state index contributed by atoms with van der Waals surface area (Å²) < 4.78 is 10.5. The first-order valence-corrected chi connectivity index (χ1v) is 7.46. The molecule has 0 radical (unpaired) electrons. The lowest BCUT2D eigenvalue weighted by Crippen LogP contribution is -2.11. The molecule has 0 heterocycles. The van der Waals surface area contributed by atoms with E-state index < -0.39 is 0 Å². The van der Waals surface area contributed by atoms with Gasteiger partial charge in [0.2, 0.25) is 0 Å². The quantitative estimate of drug-likeness (QED) is 0.402. The number of hydrogen-bond acceptors (Lipinski definition) is 3. The molecule has 0 N–H and O–H groups in total. The fourth-order valence-corrected chi connectivity index (χ4v) is 2.64. The van der Waals surface area contributed by atoms with Crippen molar-refractivity contribution < 1.29 is 14.3 Å². The summed E-state index contributed by atoms with van der Waals surface area (Å²) in [6.45, 7) is 3.23. The van der Waals surface area contributed by atoms with Gasteiger partial charge in [0.15, 0.2) is 0 Å². The number of rotatable bonds is 5. The van der Waals surface area contributed by atoms with Gasteiger partial charge in [-0.05, 0) is 29.1 Å². The van der Waals surface area contributed by atoms with Crippen LogP contribution in [-0.4, -0.2) is 25.8 Å². The SMILES string of the molecule is CCOCCOC(=O)c1cccc2ccc3ccccc3c12. The molecule has 3 aromatic carbocycles. The molecule has 0 aliphatic heterocycles. The molecule has 0 aliphatic carbocycles. The van der Waals surface area contributed by atoms with E-state index in [4.69, 9.17) is 9.47 Å². The zero-order valence-corrected chi connectivity index (χ0v) is 12.5. The van der Waals surface area contributed by atoms with E-state index in [9.17, 15) is 4.79 Å². The van der Waals surface area contributed by atoms with E-state index in [0.717, 1.165) is 21.5 Å². The Hall–Kier alpha value is -2.39. The van der Waals surface area contributed by atoms with Crippen LogP contribution in [0.25, 0.3) is 21.5 Å². The Bertz CT molecular complexity index is 808. The predicted octanol–water partition coefficient (Wildman–Crippen LogP) is 4.19. The summed E-state index contributed by atoms with van der Waals surface area (Å²) in [6, 6.07) is 17.9. The third-order valence-electron chi connectivity index (χ3n) is 3.65. The fraction of sp³-hybridized carbons (Fsp3) is 0.211. The molecule has 0 aliphatic rings. The Morgan fingerprint density at radius 1 is 0.909 bits per heavy atom. The lowest BCUT2D eigenvalue weighted by Gasteiger charge is -2.10. The summed E-state index contributed by atoms with van der Waals surface area (Å²) in [6.07, 6.45) is 0. The molecule has 0 atom stereocenters. The minimum absolute atomic E-state index is 0.272. The second-order valence-corrected chi connectivity index (χ2v) is 5.02. The van der Waals surface area contributed by atoms with Gasteiger partial charge in [-0.15, -0.1) is 0 Å². The van der Waals surface area contributed by atoms with Gasteiger partial charge in [0.05, 0.1) is 12.2 Å². The Balaban J connectivity index is 2.02. The summed E-state index contributed by atoms with van der Waals surface area (Å²) in [5, 5.41) is 4.17. The van der Waals surface area contributed by atoms with Crippen LogP contribution in [0, 0.1) is 0 Å². The van der Waals surface area contributed by atoms with Gasteiger partial charge in [0, 0.05) is 12.0 Å². The van der Waals surface area contributed by atoms with E-state index in [0.29, 0.717) is 18.8 Å². The van der Waals surface area contributed by atoms with Crippen LogP contribution in [0.1, 0.15) is 17.3 Å². The molecular formula is C19H18O3. The number of fused-ring (bicyclic) bond motifs is 3. The molecule has 0 saturated heterocycles. The van der Waals surface area contributed by atoms with Crippen molar-refractivity contribution in [1.29, 1.82) is 0 Å². The molecular weight excluding hydrogens is 276 g/mol. The maximum atomic E-state index is 12.4. The van der Waals surface area contributed by atoms with Gasteiger partial charge in [0.25, 0.3) is 0 Å². The zero-order valence-electron chi connectivity index (χ0n) is 12.5. The molecule has 0 aromatic heterocycles. The van der Waals surface area contributed by atoms with Crippen LogP contribution in [0.5, 0.6) is 0 Å². The average molecular weight is 294 g/mol. The summed E-state index contributed by atoms with van der Waals surface area (Å²) in [4.78, 5) is 12.4. The van der Waals surface area contributed by atoms with Crippen molar-refractivity contribution in [2.24, 2.45) is 0 Å². The second kappa shape index (κ2) is 6.58. The van der Waals surface area contributed by atoms with E-state index >= 15 is 0 Å². The maximum absolute atomic E-state index is 12.4. The van der Waals surface area contributed by atoms with Crippen LogP contribution in [0.4, 0.5) is 0 Å². The Morgan fingerprint density at radius 3 is 2.55 bits per heavy atom. The Morgan fingerprint density at radius 2 is 1.68 bits per heavy atom. The van der Waals surface area contributed by atoms with Crippen molar-refractivity contribution in [2.45, 2.75) is 6.92 Å². The minimum Gasteiger partial charge on any atom is -0.460 e. The van der Waals surface area contributed by atoms with Gasteiger partial charge in [-0.25, -0.2) is 4.79 Å². The molecule has 3 heteroatoms. The van der Waals surface area contributed by atoms with Gasteiger partial charge >= 0.3 is 5.97 Å². The number of ether oxygens (including phenoxy) is 2. The van der Waals surface area contributed by atoms with E-state index in [1.807, 2.05) is 55.5 Å². The summed E-state index contributed by atoms with van der Waals surface area (Å²) >= 11 is 0. The first-order valence-electron chi connectivity index (χ1n) is 7.46. The standard InChI is InChI=1S/C19H18O3/c1-2-21-12-13-22-19(20)17-9-5-7-15-11-10-14-6-3-4-8-16(14)18(15)17/h3-11H,2,12-13H2,1H3. The number of hydrogen-bond donors (Lipinski definition) is 0. The number of esters is 1. The highest BCUT2D eigenvalue weighted by atomic mass is 16.6. The zero-order chi connectivity index (χ0) is 15.4. The molecule has 3 aromatic rings. The first-order chi connectivity index (χ1) is 10.8. The highest BCUT2D eigenvalue weighted by molar-refractivity contribution is 6.16. The molecule has 22 heavy (non-hydrogen) atoms. The van der Waals surface area contributed by atoms with Crippen molar-refractivity contribution in [1.82, 2.24) is 0 Å². The lowest BCUT2D eigenvalue weighted by molar-refractivity contribution is 0.0337. The van der Waals surface area contributed by atoms with E-state index in [1.54, 1.807) is 0 Å². The van der Waals surface area contributed by atoms with Gasteiger partial charge in [-0.1, -0.05) is 48.5 Å². The van der Waals surface area contributed by atoms with Crippen LogP contribution < -0.4 is 0 Å². The summed E-state index contributed by atoms with van der Waals surface area (Å²) in [5.74, 6) is -0.304. The van der Waals surface area contributed by atoms with Crippen molar-refractivity contribution in [3.63, 3.8) is 0 Å². The van der Waals surface area contributed by atoms with Gasteiger partial charge in [0.1, 0.15) is 6.61 Å². The average Bonchev–Trinajstić information content (AvgIpc) is 2.58. The minimum atomic E-state index is -0.304. The molecule has 0 amide bonds. The topological polar surface area (TPSA) is 35.5 Å². The van der Waals surface area contributed by atoms with E-state index in [2.05, 4.69) is 6.07 Å². The monoisotopic (exact) mass is 294 g/mol. The van der Waals surface area contributed by atoms with Gasteiger partial charge in [-0.2, -0.15) is 0 Å². The largest absolute Gasteiger partial charge is 0.460 e. The molecule has 0 fully saturated rings. The molecule has 0 bridgehead atoms. The van der Waals surface area contributed by atoms with Crippen molar-refractivity contribution in [3.05, 3.63) is 60.2 Å². The smallest absolute Gasteiger partial charge is 0.338 e. The molecule has 3 nitrogen and oxygen atoms in total. The summed E-state index contributed by atoms with van der Waals surface area (Å²) in [7, 11) is 0. The van der Waals surface area contributed by atoms with Crippen LogP contribution in [0.15, 0.2) is 54.6 Å². The van der Waals surface area contributed by atoms with Crippen molar-refractivity contribution in [3.8, 4) is 0 Å². The number of carbonyl (C=O) groups is 1. The Labute approximate surface area is 129 Å². The molecule has 0 spiro atoms. The molecule has 0 saturated carbocycles. The molecule has 3 rings (SSSR count). The second-order valence-electron chi connectivity index (χ2n) is 5.02. The fourth-order valence-electron chi connectivity index (χ4n) is 2.64. The molecule has 112 valence electrons. The Kier molecular flexibility index (Phi) is 4.35. The third-order valence-corrected chi connectivity index (χ3v) is 3.65. The highest BCUT2D eigenvalue weighted by Crippen LogP contribution is 2.28. The van der Waals surface area contributed by atoms with E-state index in [-0.39, 0.29) is 12.6 Å². The van der Waals surface area contributed by atoms with Gasteiger partial charge in [-0.3, -0.25) is 0 Å². The third kappa shape index (κ3) is 2.81. The van der Waals surface area contributed by atoms with Crippen LogP contribution >= 0.6 is 0 Å². The maximum Gasteiger partial charge on any atom is 0.338 e. The molecule has 0 unspecified atom stereocenters.